The average molecular weight is 500 g/mol. The predicted molar refractivity (Wildman–Crippen MR) is 135 cm³/mol. The van der Waals surface area contributed by atoms with E-state index in [-0.39, 0.29) is 23.9 Å². The van der Waals surface area contributed by atoms with E-state index in [9.17, 15) is 14.4 Å². The Kier molecular flexibility index (Phi) is 7.75. The second kappa shape index (κ2) is 10.9. The van der Waals surface area contributed by atoms with Crippen LogP contribution >= 0.6 is 11.6 Å². The molecule has 0 saturated carbocycles. The molecule has 0 bridgehead atoms. The summed E-state index contributed by atoms with van der Waals surface area (Å²) in [7, 11) is 0. The zero-order valence-corrected chi connectivity index (χ0v) is 20.5. The number of hydrogen-bond acceptors (Lipinski definition) is 5. The molecule has 3 heterocycles. The molecule has 2 aromatic heterocycles. The number of fused-ring (bicyclic) bond motifs is 1. The maximum Gasteiger partial charge on any atom is 0.322 e. The first-order valence-corrected chi connectivity index (χ1v) is 12.4. The van der Waals surface area contributed by atoms with Gasteiger partial charge in [-0.2, -0.15) is 0 Å². The quantitative estimate of drug-likeness (QED) is 0.413. The fourth-order valence-electron chi connectivity index (χ4n) is 4.63. The van der Waals surface area contributed by atoms with Crippen LogP contribution in [0.3, 0.4) is 0 Å². The fraction of sp³-hybridized carbons (Fsp3) is 0.440. The van der Waals surface area contributed by atoms with Gasteiger partial charge in [0, 0.05) is 48.4 Å². The molecule has 0 unspecified atom stereocenters. The highest BCUT2D eigenvalue weighted by atomic mass is 35.5. The topological polar surface area (TPSA) is 109 Å². The molecule has 1 atom stereocenters. The standard InChI is InChI=1S/C25H30ClN5O4/c1-2-3-4-11-30-22(29-12-5-6-19(29)13-21(32)27-15-24(34)35)14-23(33)31-16-20(28-25(30)31)17-7-9-18(26)10-8-17/h7-10,14,16,19H,2-6,11-13,15H2,1H3,(H,27,32)(H,34,35)/t19-/m1/s1. The van der Waals surface area contributed by atoms with Crippen LogP contribution in [0.5, 0.6) is 0 Å². The number of carbonyl (C=O) groups is 2. The second-order valence-corrected chi connectivity index (χ2v) is 9.30. The lowest BCUT2D eigenvalue weighted by molar-refractivity contribution is -0.138. The number of hydrogen-bond donors (Lipinski definition) is 2. The lowest BCUT2D eigenvalue weighted by Crippen LogP contribution is -2.39. The summed E-state index contributed by atoms with van der Waals surface area (Å²) in [5, 5.41) is 11.9. The number of aromatic nitrogens is 3. The van der Waals surface area contributed by atoms with Crippen LogP contribution in [0.15, 0.2) is 41.3 Å². The minimum atomic E-state index is -1.08. The van der Waals surface area contributed by atoms with Crippen molar-refractivity contribution < 1.29 is 14.7 Å². The number of rotatable bonds is 10. The molecule has 0 radical (unpaired) electrons. The van der Waals surface area contributed by atoms with Gasteiger partial charge in [0.2, 0.25) is 11.7 Å². The van der Waals surface area contributed by atoms with Crippen molar-refractivity contribution in [3.8, 4) is 11.3 Å². The summed E-state index contributed by atoms with van der Waals surface area (Å²) >= 11 is 6.03. The number of aliphatic carboxylic acids is 1. The third-order valence-electron chi connectivity index (χ3n) is 6.35. The Balaban J connectivity index is 1.72. The number of carboxylic acids is 1. The fourth-order valence-corrected chi connectivity index (χ4v) is 4.75. The molecule has 4 rings (SSSR count). The van der Waals surface area contributed by atoms with Gasteiger partial charge in [0.15, 0.2) is 0 Å². The molecule has 0 aliphatic carbocycles. The summed E-state index contributed by atoms with van der Waals surface area (Å²) < 4.78 is 3.65. The first-order valence-electron chi connectivity index (χ1n) is 12.0. The smallest absolute Gasteiger partial charge is 0.322 e. The van der Waals surface area contributed by atoms with Crippen molar-refractivity contribution in [2.75, 3.05) is 18.0 Å². The van der Waals surface area contributed by atoms with E-state index in [0.717, 1.165) is 43.5 Å². The SMILES string of the molecule is CCCCCn1c(N2CCC[C@@H]2CC(=O)NCC(=O)O)cc(=O)n2cc(-c3ccc(Cl)cc3)nc12. The summed E-state index contributed by atoms with van der Waals surface area (Å²) in [5.74, 6) is -0.0707. The number of amides is 1. The molecule has 3 aromatic rings. The van der Waals surface area contributed by atoms with Gasteiger partial charge in [-0.15, -0.1) is 0 Å². The summed E-state index contributed by atoms with van der Waals surface area (Å²) in [6, 6.07) is 8.86. The summed E-state index contributed by atoms with van der Waals surface area (Å²) in [6.07, 6.45) is 6.64. The van der Waals surface area contributed by atoms with Crippen molar-refractivity contribution in [2.24, 2.45) is 0 Å². The third-order valence-corrected chi connectivity index (χ3v) is 6.60. The molecule has 1 saturated heterocycles. The van der Waals surface area contributed by atoms with Crippen LogP contribution in [0.1, 0.15) is 45.4 Å². The van der Waals surface area contributed by atoms with E-state index in [0.29, 0.717) is 29.6 Å². The average Bonchev–Trinajstić information content (AvgIpc) is 3.47. The molecular formula is C25H30ClN5O4. The highest BCUT2D eigenvalue weighted by molar-refractivity contribution is 6.30. The van der Waals surface area contributed by atoms with Crippen molar-refractivity contribution in [3.63, 3.8) is 0 Å². The molecule has 1 fully saturated rings. The number of nitrogens with one attached hydrogen (secondary N) is 1. The lowest BCUT2D eigenvalue weighted by atomic mass is 10.1. The van der Waals surface area contributed by atoms with Gasteiger partial charge >= 0.3 is 5.97 Å². The van der Waals surface area contributed by atoms with Gasteiger partial charge in [0.1, 0.15) is 12.4 Å². The summed E-state index contributed by atoms with van der Waals surface area (Å²) in [4.78, 5) is 43.2. The Morgan fingerprint density at radius 2 is 2.00 bits per heavy atom. The largest absolute Gasteiger partial charge is 0.480 e. The monoisotopic (exact) mass is 499 g/mol. The van der Waals surface area contributed by atoms with E-state index >= 15 is 0 Å². The number of carboxylic acid groups (broad SMARTS) is 1. The molecule has 35 heavy (non-hydrogen) atoms. The Bertz CT molecular complexity index is 1270. The Labute approximate surface area is 208 Å². The predicted octanol–water partition coefficient (Wildman–Crippen LogP) is 3.57. The maximum atomic E-state index is 13.2. The van der Waals surface area contributed by atoms with Crippen LogP contribution in [0.4, 0.5) is 5.82 Å². The van der Waals surface area contributed by atoms with Crippen molar-refractivity contribution in [2.45, 2.75) is 58.0 Å². The molecule has 186 valence electrons. The van der Waals surface area contributed by atoms with Crippen LogP contribution in [0.25, 0.3) is 17.0 Å². The number of benzene rings is 1. The zero-order chi connectivity index (χ0) is 24.9. The van der Waals surface area contributed by atoms with Crippen LogP contribution in [-0.2, 0) is 16.1 Å². The minimum Gasteiger partial charge on any atom is -0.480 e. The lowest BCUT2D eigenvalue weighted by Gasteiger charge is -2.29. The minimum absolute atomic E-state index is 0.117. The van der Waals surface area contributed by atoms with Gasteiger partial charge in [-0.3, -0.25) is 23.4 Å². The molecule has 1 aliphatic rings. The van der Waals surface area contributed by atoms with E-state index in [1.165, 1.54) is 0 Å². The van der Waals surface area contributed by atoms with Crippen LogP contribution in [0.2, 0.25) is 5.02 Å². The normalized spacial score (nSPS) is 15.6. The molecule has 10 heteroatoms. The van der Waals surface area contributed by atoms with Crippen LogP contribution < -0.4 is 15.8 Å². The molecule has 1 aromatic carbocycles. The molecule has 1 aliphatic heterocycles. The molecule has 2 N–H and O–H groups in total. The number of carbonyl (C=O) groups excluding carboxylic acids is 1. The second-order valence-electron chi connectivity index (χ2n) is 8.87. The van der Waals surface area contributed by atoms with Crippen LogP contribution in [0, 0.1) is 0 Å². The van der Waals surface area contributed by atoms with Gasteiger partial charge < -0.3 is 15.3 Å². The number of anilines is 1. The zero-order valence-electron chi connectivity index (χ0n) is 19.7. The highest BCUT2D eigenvalue weighted by Crippen LogP contribution is 2.29. The Hall–Kier alpha value is -3.33. The molecule has 0 spiro atoms. The first-order chi connectivity index (χ1) is 16.9. The number of halogens is 1. The number of unbranched alkanes of at least 4 members (excludes halogenated alkanes) is 2. The van der Waals surface area contributed by atoms with Crippen molar-refractivity contribution in [3.05, 3.63) is 51.9 Å². The number of imidazole rings is 1. The number of aryl methyl sites for hydroxylation is 1. The Morgan fingerprint density at radius 1 is 1.23 bits per heavy atom. The van der Waals surface area contributed by atoms with E-state index in [1.807, 2.05) is 12.1 Å². The van der Waals surface area contributed by atoms with E-state index in [2.05, 4.69) is 21.7 Å². The summed E-state index contributed by atoms with van der Waals surface area (Å²) in [6.45, 7) is 3.15. The van der Waals surface area contributed by atoms with Crippen molar-refractivity contribution in [1.82, 2.24) is 19.3 Å². The van der Waals surface area contributed by atoms with Gasteiger partial charge in [0.25, 0.3) is 5.56 Å². The Morgan fingerprint density at radius 3 is 2.71 bits per heavy atom. The molecule has 1 amide bonds. The van der Waals surface area contributed by atoms with Gasteiger partial charge in [-0.1, -0.05) is 43.5 Å². The van der Waals surface area contributed by atoms with Crippen molar-refractivity contribution >= 4 is 35.1 Å². The number of nitrogens with zero attached hydrogens (tertiary/aromatic N) is 4. The van der Waals surface area contributed by atoms with Crippen LogP contribution in [-0.4, -0.2) is 50.1 Å². The van der Waals surface area contributed by atoms with E-state index in [1.54, 1.807) is 28.8 Å². The van der Waals surface area contributed by atoms with E-state index < -0.39 is 12.5 Å². The molecular weight excluding hydrogens is 470 g/mol. The van der Waals surface area contributed by atoms with Gasteiger partial charge in [-0.05, 0) is 31.4 Å². The van der Waals surface area contributed by atoms with Gasteiger partial charge in [-0.25, -0.2) is 4.98 Å². The highest BCUT2D eigenvalue weighted by Gasteiger charge is 2.30. The van der Waals surface area contributed by atoms with Gasteiger partial charge in [0.05, 0.1) is 5.69 Å². The molecule has 9 nitrogen and oxygen atoms in total. The maximum absolute atomic E-state index is 13.2. The third kappa shape index (κ3) is 5.67. The first kappa shape index (κ1) is 24.8. The van der Waals surface area contributed by atoms with E-state index in [4.69, 9.17) is 21.7 Å². The van der Waals surface area contributed by atoms with Crippen molar-refractivity contribution in [1.29, 1.82) is 0 Å². The summed E-state index contributed by atoms with van der Waals surface area (Å²) in [5.41, 5.74) is 1.37.